The molecular weight excluding hydrogens is 418 g/mol. The fourth-order valence-electron chi connectivity index (χ4n) is 4.19. The fraction of sp³-hybridized carbons (Fsp3) is 0.400. The lowest BCUT2D eigenvalue weighted by molar-refractivity contribution is -0.123. The highest BCUT2D eigenvalue weighted by Gasteiger charge is 2.33. The van der Waals surface area contributed by atoms with Gasteiger partial charge in [-0.1, -0.05) is 25.1 Å². The zero-order valence-electron chi connectivity index (χ0n) is 19.1. The van der Waals surface area contributed by atoms with Crippen molar-refractivity contribution in [3.63, 3.8) is 0 Å². The van der Waals surface area contributed by atoms with Crippen LogP contribution in [0.1, 0.15) is 55.6 Å². The molecule has 0 radical (unpaired) electrons. The van der Waals surface area contributed by atoms with Gasteiger partial charge >= 0.3 is 5.97 Å². The molecule has 0 saturated heterocycles. The Morgan fingerprint density at radius 1 is 1.12 bits per heavy atom. The molecule has 0 unspecified atom stereocenters. The molecule has 8 nitrogen and oxygen atoms in total. The van der Waals surface area contributed by atoms with E-state index < -0.39 is 5.97 Å². The maximum absolute atomic E-state index is 13.8. The van der Waals surface area contributed by atoms with E-state index in [9.17, 15) is 9.59 Å². The van der Waals surface area contributed by atoms with E-state index in [1.807, 2.05) is 30.3 Å². The van der Waals surface area contributed by atoms with Crippen molar-refractivity contribution in [1.29, 1.82) is 0 Å². The lowest BCUT2D eigenvalue weighted by Gasteiger charge is -2.30. The van der Waals surface area contributed by atoms with Crippen LogP contribution in [0.3, 0.4) is 0 Å². The minimum atomic E-state index is -0.510. The smallest absolute Gasteiger partial charge is 0.343 e. The molecule has 0 bridgehead atoms. The van der Waals surface area contributed by atoms with Crippen LogP contribution in [0.2, 0.25) is 0 Å². The van der Waals surface area contributed by atoms with Crippen molar-refractivity contribution in [3.05, 3.63) is 66.4 Å². The molecule has 4 rings (SSSR count). The van der Waals surface area contributed by atoms with E-state index in [4.69, 9.17) is 4.74 Å². The summed E-state index contributed by atoms with van der Waals surface area (Å²) in [5.74, 6) is 0.233. The summed E-state index contributed by atoms with van der Waals surface area (Å²) in [5.41, 5.74) is 1.66. The van der Waals surface area contributed by atoms with Crippen LogP contribution in [0.15, 0.2) is 55.1 Å². The van der Waals surface area contributed by atoms with Gasteiger partial charge < -0.3 is 4.74 Å². The monoisotopic (exact) mass is 447 g/mol. The van der Waals surface area contributed by atoms with E-state index in [-0.39, 0.29) is 36.4 Å². The summed E-state index contributed by atoms with van der Waals surface area (Å²) < 4.78 is 6.91. The third-order valence-corrected chi connectivity index (χ3v) is 6.03. The number of anilines is 1. The Labute approximate surface area is 193 Å². The van der Waals surface area contributed by atoms with E-state index in [0.717, 1.165) is 31.4 Å². The summed E-state index contributed by atoms with van der Waals surface area (Å²) in [5, 5.41) is 4.68. The van der Waals surface area contributed by atoms with Gasteiger partial charge in [-0.2, -0.15) is 0 Å². The summed E-state index contributed by atoms with van der Waals surface area (Å²) in [6.07, 6.45) is 10.1. The van der Waals surface area contributed by atoms with Gasteiger partial charge in [-0.3, -0.25) is 19.7 Å². The quantitative estimate of drug-likeness (QED) is 0.504. The number of hydrogen-bond donors (Lipinski definition) is 0. The molecule has 33 heavy (non-hydrogen) atoms. The van der Waals surface area contributed by atoms with Crippen LogP contribution in [0, 0.1) is 11.8 Å². The maximum Gasteiger partial charge on any atom is 0.343 e. The lowest BCUT2D eigenvalue weighted by atomic mass is 9.82. The zero-order valence-corrected chi connectivity index (χ0v) is 19.1. The Balaban J connectivity index is 1.76. The van der Waals surface area contributed by atoms with Crippen molar-refractivity contribution in [2.24, 2.45) is 11.8 Å². The highest BCUT2D eigenvalue weighted by molar-refractivity contribution is 6.02. The number of hydrogen-bond acceptors (Lipinski definition) is 6. The van der Waals surface area contributed by atoms with Crippen LogP contribution in [0.25, 0.3) is 5.69 Å². The molecular formula is C25H29N5O3. The molecule has 1 aromatic carbocycles. The largest absolute Gasteiger partial charge is 0.462 e. The van der Waals surface area contributed by atoms with Gasteiger partial charge in [-0.15, -0.1) is 5.10 Å². The van der Waals surface area contributed by atoms with Gasteiger partial charge in [0.2, 0.25) is 5.91 Å². The molecule has 2 aromatic heterocycles. The van der Waals surface area contributed by atoms with Crippen LogP contribution in [-0.2, 0) is 16.1 Å². The number of amides is 1. The first-order valence-corrected chi connectivity index (χ1v) is 11.4. The van der Waals surface area contributed by atoms with Crippen molar-refractivity contribution in [3.8, 4) is 5.69 Å². The molecule has 1 saturated carbocycles. The zero-order chi connectivity index (χ0) is 23.2. The number of rotatable bonds is 7. The Bertz CT molecular complexity index is 1080. The van der Waals surface area contributed by atoms with Crippen LogP contribution < -0.4 is 4.90 Å². The topological polar surface area (TPSA) is 90.2 Å². The predicted octanol–water partition coefficient (Wildman–Crippen LogP) is 4.20. The maximum atomic E-state index is 13.8. The number of carbonyl (C=O) groups excluding carboxylic acids is 2. The highest BCUT2D eigenvalue weighted by Crippen LogP contribution is 2.32. The minimum absolute atomic E-state index is 0.0450. The fourth-order valence-corrected chi connectivity index (χ4v) is 4.19. The van der Waals surface area contributed by atoms with Gasteiger partial charge in [0.25, 0.3) is 0 Å². The number of carbonyl (C=O) groups is 2. The SMILES string of the molecule is CCOC(=O)c1cn(-c2ccccc2)nc1N(Cc1cnccn1)C(=O)[C@H]1CC[C@H](C)CC1. The van der Waals surface area contributed by atoms with Gasteiger partial charge in [-0.05, 0) is 50.7 Å². The Kier molecular flexibility index (Phi) is 7.12. The normalized spacial score (nSPS) is 18.0. The molecule has 8 heteroatoms. The Morgan fingerprint density at radius 2 is 1.88 bits per heavy atom. The Morgan fingerprint density at radius 3 is 2.55 bits per heavy atom. The summed E-state index contributed by atoms with van der Waals surface area (Å²) in [7, 11) is 0. The van der Waals surface area contributed by atoms with Crippen LogP contribution in [-0.4, -0.2) is 38.2 Å². The summed E-state index contributed by atoms with van der Waals surface area (Å²) in [6, 6.07) is 9.49. The molecule has 1 fully saturated rings. The first kappa shape index (κ1) is 22.6. The van der Waals surface area contributed by atoms with Gasteiger partial charge in [0, 0.05) is 24.5 Å². The van der Waals surface area contributed by atoms with Crippen molar-refractivity contribution < 1.29 is 14.3 Å². The van der Waals surface area contributed by atoms with Crippen molar-refractivity contribution in [2.45, 2.75) is 46.1 Å². The molecule has 3 aromatic rings. The molecule has 0 aliphatic heterocycles. The number of nitrogens with zero attached hydrogens (tertiary/aromatic N) is 5. The molecule has 0 N–H and O–H groups in total. The average Bonchev–Trinajstić information content (AvgIpc) is 3.29. The first-order valence-electron chi connectivity index (χ1n) is 11.4. The number of esters is 1. The number of ether oxygens (including phenoxy) is 1. The third kappa shape index (κ3) is 5.27. The van der Waals surface area contributed by atoms with Crippen molar-refractivity contribution in [1.82, 2.24) is 19.7 Å². The summed E-state index contributed by atoms with van der Waals surface area (Å²) in [6.45, 7) is 4.38. The third-order valence-electron chi connectivity index (χ3n) is 6.03. The molecule has 172 valence electrons. The standard InChI is InChI=1S/C25H29N5O3/c1-3-33-25(32)22-17-30(21-7-5-4-6-8-21)28-23(22)29(16-20-15-26-13-14-27-20)24(31)19-11-9-18(2)10-12-19/h4-8,13-15,17-19H,3,9-12,16H2,1-2H3/t18-,19-. The molecule has 1 aliphatic carbocycles. The summed E-state index contributed by atoms with van der Waals surface area (Å²) in [4.78, 5) is 36.7. The minimum Gasteiger partial charge on any atom is -0.462 e. The predicted molar refractivity (Wildman–Crippen MR) is 124 cm³/mol. The lowest BCUT2D eigenvalue weighted by Crippen LogP contribution is -2.38. The molecule has 0 atom stereocenters. The van der Waals surface area contributed by atoms with E-state index in [2.05, 4.69) is 22.0 Å². The second-order valence-electron chi connectivity index (χ2n) is 8.44. The second-order valence-corrected chi connectivity index (χ2v) is 8.44. The molecule has 1 amide bonds. The van der Waals surface area contributed by atoms with E-state index in [1.165, 1.54) is 0 Å². The first-order chi connectivity index (χ1) is 16.1. The Hall–Kier alpha value is -3.55. The second kappa shape index (κ2) is 10.4. The molecule has 1 aliphatic rings. The van der Waals surface area contributed by atoms with Crippen molar-refractivity contribution >= 4 is 17.7 Å². The highest BCUT2D eigenvalue weighted by atomic mass is 16.5. The van der Waals surface area contributed by atoms with Gasteiger partial charge in [0.1, 0.15) is 5.56 Å². The van der Waals surface area contributed by atoms with Gasteiger partial charge in [0.15, 0.2) is 5.82 Å². The van der Waals surface area contributed by atoms with Crippen LogP contribution in [0.4, 0.5) is 5.82 Å². The van der Waals surface area contributed by atoms with Gasteiger partial charge in [0.05, 0.1) is 30.7 Å². The molecule has 2 heterocycles. The average molecular weight is 448 g/mol. The number of benzene rings is 1. The molecule has 0 spiro atoms. The van der Waals surface area contributed by atoms with Gasteiger partial charge in [-0.25, -0.2) is 9.48 Å². The van der Waals surface area contributed by atoms with Crippen LogP contribution in [0.5, 0.6) is 0 Å². The number of para-hydroxylation sites is 1. The van der Waals surface area contributed by atoms with Crippen molar-refractivity contribution in [2.75, 3.05) is 11.5 Å². The van der Waals surface area contributed by atoms with E-state index in [1.54, 1.807) is 41.3 Å². The van der Waals surface area contributed by atoms with E-state index >= 15 is 0 Å². The summed E-state index contributed by atoms with van der Waals surface area (Å²) >= 11 is 0. The van der Waals surface area contributed by atoms with Crippen LogP contribution >= 0.6 is 0 Å². The number of aromatic nitrogens is 4. The van der Waals surface area contributed by atoms with E-state index in [0.29, 0.717) is 11.6 Å².